The number of nitrogens with one attached hydrogen (secondary N) is 3. The first-order valence-electron chi connectivity index (χ1n) is 6.49. The molecule has 1 rings (SSSR count). The van der Waals surface area contributed by atoms with E-state index in [0.29, 0.717) is 19.5 Å². The van der Waals surface area contributed by atoms with E-state index < -0.39 is 0 Å². The number of piperidine rings is 1. The van der Waals surface area contributed by atoms with Gasteiger partial charge in [0.25, 0.3) is 0 Å². The van der Waals surface area contributed by atoms with Crippen LogP contribution in [0.2, 0.25) is 0 Å². The van der Waals surface area contributed by atoms with Crippen LogP contribution in [0.4, 0.5) is 0 Å². The van der Waals surface area contributed by atoms with Crippen molar-refractivity contribution in [3.8, 4) is 0 Å². The Morgan fingerprint density at radius 1 is 1.29 bits per heavy atom. The monoisotopic (exact) mass is 241 g/mol. The van der Waals surface area contributed by atoms with Crippen LogP contribution in [0.1, 0.15) is 32.6 Å². The molecule has 1 heterocycles. The van der Waals surface area contributed by atoms with Gasteiger partial charge in [0, 0.05) is 26.1 Å². The fourth-order valence-corrected chi connectivity index (χ4v) is 1.87. The second-order valence-corrected chi connectivity index (χ2v) is 4.43. The van der Waals surface area contributed by atoms with Gasteiger partial charge in [0.1, 0.15) is 0 Å². The van der Waals surface area contributed by atoms with Crippen molar-refractivity contribution in [3.63, 3.8) is 0 Å². The number of carbonyl (C=O) groups excluding carboxylic acids is 2. The second kappa shape index (κ2) is 8.06. The van der Waals surface area contributed by atoms with Crippen LogP contribution in [0.5, 0.6) is 0 Å². The summed E-state index contributed by atoms with van der Waals surface area (Å²) in [6, 6.07) is 0. The van der Waals surface area contributed by atoms with Gasteiger partial charge in [0.15, 0.2) is 0 Å². The molecule has 1 aliphatic heterocycles. The van der Waals surface area contributed by atoms with Crippen LogP contribution in [0.25, 0.3) is 0 Å². The van der Waals surface area contributed by atoms with Gasteiger partial charge in [0.2, 0.25) is 11.8 Å². The Kier molecular flexibility index (Phi) is 6.62. The SMILES string of the molecule is CCCNC(=O)CCNC(=O)C1CCCNC1. The molecule has 1 atom stereocenters. The summed E-state index contributed by atoms with van der Waals surface area (Å²) in [5.74, 6) is 0.150. The summed E-state index contributed by atoms with van der Waals surface area (Å²) < 4.78 is 0. The molecule has 98 valence electrons. The van der Waals surface area contributed by atoms with Gasteiger partial charge in [0.05, 0.1) is 5.92 Å². The first-order chi connectivity index (χ1) is 8.24. The molecule has 0 aliphatic carbocycles. The van der Waals surface area contributed by atoms with Crippen LogP contribution >= 0.6 is 0 Å². The average molecular weight is 241 g/mol. The normalized spacial score (nSPS) is 19.7. The topological polar surface area (TPSA) is 70.2 Å². The van der Waals surface area contributed by atoms with Gasteiger partial charge < -0.3 is 16.0 Å². The Balaban J connectivity index is 2.08. The van der Waals surface area contributed by atoms with Crippen molar-refractivity contribution in [1.29, 1.82) is 0 Å². The molecule has 3 N–H and O–H groups in total. The van der Waals surface area contributed by atoms with E-state index in [9.17, 15) is 9.59 Å². The molecule has 2 amide bonds. The van der Waals surface area contributed by atoms with Crippen molar-refractivity contribution in [2.24, 2.45) is 5.92 Å². The van der Waals surface area contributed by atoms with E-state index in [-0.39, 0.29) is 17.7 Å². The van der Waals surface area contributed by atoms with Gasteiger partial charge in [-0.1, -0.05) is 6.92 Å². The zero-order valence-corrected chi connectivity index (χ0v) is 10.6. The maximum absolute atomic E-state index is 11.7. The molecule has 0 saturated carbocycles. The van der Waals surface area contributed by atoms with Gasteiger partial charge in [-0.3, -0.25) is 9.59 Å². The van der Waals surface area contributed by atoms with Crippen LogP contribution in [0, 0.1) is 5.92 Å². The van der Waals surface area contributed by atoms with E-state index in [0.717, 1.165) is 32.4 Å². The van der Waals surface area contributed by atoms with Crippen molar-refractivity contribution >= 4 is 11.8 Å². The maximum Gasteiger partial charge on any atom is 0.224 e. The summed E-state index contributed by atoms with van der Waals surface area (Å²) in [5.41, 5.74) is 0. The van der Waals surface area contributed by atoms with E-state index in [1.807, 2.05) is 6.92 Å². The molecule has 1 saturated heterocycles. The van der Waals surface area contributed by atoms with Gasteiger partial charge in [-0.2, -0.15) is 0 Å². The average Bonchev–Trinajstić information content (AvgIpc) is 2.37. The van der Waals surface area contributed by atoms with E-state index in [1.165, 1.54) is 0 Å². The van der Waals surface area contributed by atoms with Crippen molar-refractivity contribution in [2.75, 3.05) is 26.2 Å². The number of carbonyl (C=O) groups is 2. The standard InChI is InChI=1S/C12H23N3O2/c1-2-6-14-11(16)5-8-15-12(17)10-4-3-7-13-9-10/h10,13H,2-9H2,1H3,(H,14,16)(H,15,17). The summed E-state index contributed by atoms with van der Waals surface area (Å²) in [6.45, 7) is 4.92. The predicted octanol–water partition coefficient (Wildman–Crippen LogP) is 0.0185. The molecule has 0 bridgehead atoms. The summed E-state index contributed by atoms with van der Waals surface area (Å²) in [6.07, 6.45) is 3.30. The van der Waals surface area contributed by atoms with Crippen molar-refractivity contribution in [3.05, 3.63) is 0 Å². The summed E-state index contributed by atoms with van der Waals surface area (Å²) in [4.78, 5) is 23.0. The molecule has 17 heavy (non-hydrogen) atoms. The quantitative estimate of drug-likeness (QED) is 0.614. The highest BCUT2D eigenvalue weighted by molar-refractivity contribution is 5.80. The molecule has 5 nitrogen and oxygen atoms in total. The second-order valence-electron chi connectivity index (χ2n) is 4.43. The maximum atomic E-state index is 11.7. The fourth-order valence-electron chi connectivity index (χ4n) is 1.87. The Morgan fingerprint density at radius 3 is 2.76 bits per heavy atom. The minimum atomic E-state index is 0.00826. The Morgan fingerprint density at radius 2 is 2.12 bits per heavy atom. The number of rotatable bonds is 6. The smallest absolute Gasteiger partial charge is 0.224 e. The number of hydrogen-bond donors (Lipinski definition) is 3. The van der Waals surface area contributed by atoms with Crippen LogP contribution in [0.3, 0.4) is 0 Å². The molecule has 5 heteroatoms. The van der Waals surface area contributed by atoms with Gasteiger partial charge in [-0.15, -0.1) is 0 Å². The molecular weight excluding hydrogens is 218 g/mol. The summed E-state index contributed by atoms with van der Waals surface area (Å²) >= 11 is 0. The van der Waals surface area contributed by atoms with E-state index >= 15 is 0 Å². The van der Waals surface area contributed by atoms with Crippen molar-refractivity contribution in [2.45, 2.75) is 32.6 Å². The lowest BCUT2D eigenvalue weighted by Crippen LogP contribution is -2.41. The molecule has 0 aromatic rings. The molecule has 0 aromatic heterocycles. The van der Waals surface area contributed by atoms with Crippen LogP contribution in [-0.2, 0) is 9.59 Å². The molecule has 0 radical (unpaired) electrons. The molecular formula is C12H23N3O2. The summed E-state index contributed by atoms with van der Waals surface area (Å²) in [5, 5.41) is 8.81. The van der Waals surface area contributed by atoms with E-state index in [1.54, 1.807) is 0 Å². The highest BCUT2D eigenvalue weighted by Crippen LogP contribution is 2.09. The van der Waals surface area contributed by atoms with Crippen molar-refractivity contribution in [1.82, 2.24) is 16.0 Å². The van der Waals surface area contributed by atoms with Crippen LogP contribution in [-0.4, -0.2) is 38.0 Å². The third kappa shape index (κ3) is 5.68. The summed E-state index contributed by atoms with van der Waals surface area (Å²) in [7, 11) is 0. The first kappa shape index (κ1) is 14.0. The third-order valence-corrected chi connectivity index (χ3v) is 2.89. The highest BCUT2D eigenvalue weighted by Gasteiger charge is 2.20. The van der Waals surface area contributed by atoms with Gasteiger partial charge in [-0.05, 0) is 25.8 Å². The molecule has 1 unspecified atom stereocenters. The minimum absolute atomic E-state index is 0.00826. The van der Waals surface area contributed by atoms with Crippen LogP contribution < -0.4 is 16.0 Å². The predicted molar refractivity (Wildman–Crippen MR) is 66.5 cm³/mol. The largest absolute Gasteiger partial charge is 0.356 e. The molecule has 0 spiro atoms. The van der Waals surface area contributed by atoms with E-state index in [4.69, 9.17) is 0 Å². The molecule has 0 aromatic carbocycles. The zero-order valence-electron chi connectivity index (χ0n) is 10.6. The first-order valence-corrected chi connectivity index (χ1v) is 6.49. The van der Waals surface area contributed by atoms with Crippen molar-refractivity contribution < 1.29 is 9.59 Å². The lowest BCUT2D eigenvalue weighted by Gasteiger charge is -2.21. The zero-order chi connectivity index (χ0) is 12.5. The molecule has 1 fully saturated rings. The Bertz CT molecular complexity index is 250. The third-order valence-electron chi connectivity index (χ3n) is 2.89. The van der Waals surface area contributed by atoms with Crippen LogP contribution in [0.15, 0.2) is 0 Å². The van der Waals surface area contributed by atoms with Gasteiger partial charge >= 0.3 is 0 Å². The van der Waals surface area contributed by atoms with Gasteiger partial charge in [-0.25, -0.2) is 0 Å². The lowest BCUT2D eigenvalue weighted by molar-refractivity contribution is -0.125. The number of hydrogen-bond acceptors (Lipinski definition) is 3. The number of amides is 2. The van der Waals surface area contributed by atoms with E-state index in [2.05, 4.69) is 16.0 Å². The fraction of sp³-hybridized carbons (Fsp3) is 0.833. The minimum Gasteiger partial charge on any atom is -0.356 e. The lowest BCUT2D eigenvalue weighted by atomic mass is 9.99. The Hall–Kier alpha value is -1.10. The molecule has 1 aliphatic rings. The highest BCUT2D eigenvalue weighted by atomic mass is 16.2. The Labute approximate surface area is 103 Å².